The van der Waals surface area contributed by atoms with Crippen molar-refractivity contribution >= 4 is 44.8 Å². The van der Waals surface area contributed by atoms with Crippen LogP contribution in [0.1, 0.15) is 10.4 Å². The molecule has 1 amide bonds. The summed E-state index contributed by atoms with van der Waals surface area (Å²) in [6.07, 6.45) is 0. The molecule has 0 bridgehead atoms. The molecule has 0 aliphatic carbocycles. The van der Waals surface area contributed by atoms with Gasteiger partial charge in [0, 0.05) is 16.7 Å². The minimum atomic E-state index is -0.228. The second-order valence-electron chi connectivity index (χ2n) is 4.54. The molecule has 0 radical (unpaired) electrons. The highest BCUT2D eigenvalue weighted by molar-refractivity contribution is 9.10. The topological polar surface area (TPSA) is 50.4 Å². The van der Waals surface area contributed by atoms with Gasteiger partial charge in [-0.05, 0) is 46.3 Å². The van der Waals surface area contributed by atoms with Crippen molar-refractivity contribution in [3.8, 4) is 5.75 Å². The zero-order valence-electron chi connectivity index (χ0n) is 11.0. The Balaban J connectivity index is 1.87. The van der Waals surface area contributed by atoms with Crippen molar-refractivity contribution in [1.29, 1.82) is 0 Å². The first-order valence-corrected chi connectivity index (χ1v) is 7.58. The molecule has 0 saturated heterocycles. The molecule has 108 valence electrons. The minimum Gasteiger partial charge on any atom is -0.489 e. The van der Waals surface area contributed by atoms with Crippen molar-refractivity contribution in [2.75, 3.05) is 23.8 Å². The maximum Gasteiger partial charge on any atom is 0.259 e. The van der Waals surface area contributed by atoms with E-state index in [9.17, 15) is 4.79 Å². The molecule has 0 unspecified atom stereocenters. The number of amides is 1. The number of hydrogen-bond donors (Lipinski definition) is 2. The SMILES string of the molecule is O=C(Nc1ccc(Br)c(Cl)c1)c1cccc2c1OCCN2. The molecule has 3 rings (SSSR count). The average molecular weight is 368 g/mol. The molecule has 21 heavy (non-hydrogen) atoms. The Morgan fingerprint density at radius 3 is 3.00 bits per heavy atom. The van der Waals surface area contributed by atoms with Gasteiger partial charge < -0.3 is 15.4 Å². The molecule has 2 aromatic carbocycles. The number of carbonyl (C=O) groups excluding carboxylic acids is 1. The van der Waals surface area contributed by atoms with Crippen molar-refractivity contribution < 1.29 is 9.53 Å². The van der Waals surface area contributed by atoms with Crippen LogP contribution in [0.5, 0.6) is 5.75 Å². The molecule has 6 heteroatoms. The Bertz CT molecular complexity index is 706. The summed E-state index contributed by atoms with van der Waals surface area (Å²) in [4.78, 5) is 12.4. The van der Waals surface area contributed by atoms with Crippen LogP contribution < -0.4 is 15.4 Å². The van der Waals surface area contributed by atoms with Crippen LogP contribution in [0.2, 0.25) is 5.02 Å². The Hall–Kier alpha value is -1.72. The van der Waals surface area contributed by atoms with E-state index in [1.165, 1.54) is 0 Å². The Morgan fingerprint density at radius 2 is 2.19 bits per heavy atom. The number of nitrogens with one attached hydrogen (secondary N) is 2. The van der Waals surface area contributed by atoms with Gasteiger partial charge in [0.15, 0.2) is 5.75 Å². The van der Waals surface area contributed by atoms with Crippen molar-refractivity contribution in [3.63, 3.8) is 0 Å². The summed E-state index contributed by atoms with van der Waals surface area (Å²) < 4.78 is 6.38. The summed E-state index contributed by atoms with van der Waals surface area (Å²) in [6, 6.07) is 10.7. The molecular formula is C15H12BrClN2O2. The Kier molecular flexibility index (Phi) is 4.03. The highest BCUT2D eigenvalue weighted by Crippen LogP contribution is 2.32. The average Bonchev–Trinajstić information content (AvgIpc) is 2.50. The van der Waals surface area contributed by atoms with E-state index in [-0.39, 0.29) is 5.91 Å². The fourth-order valence-corrected chi connectivity index (χ4v) is 2.55. The van der Waals surface area contributed by atoms with Crippen LogP contribution in [0.4, 0.5) is 11.4 Å². The monoisotopic (exact) mass is 366 g/mol. The lowest BCUT2D eigenvalue weighted by atomic mass is 10.1. The van der Waals surface area contributed by atoms with Crippen molar-refractivity contribution in [2.24, 2.45) is 0 Å². The second kappa shape index (κ2) is 5.95. The van der Waals surface area contributed by atoms with Gasteiger partial charge in [0.1, 0.15) is 6.61 Å². The molecule has 4 nitrogen and oxygen atoms in total. The Labute approximate surface area is 135 Å². The summed E-state index contributed by atoms with van der Waals surface area (Å²) in [5, 5.41) is 6.57. The third-order valence-corrected chi connectivity index (χ3v) is 4.33. The number of halogens is 2. The number of hydrogen-bond acceptors (Lipinski definition) is 3. The number of benzene rings is 2. The number of rotatable bonds is 2. The number of fused-ring (bicyclic) bond motifs is 1. The maximum atomic E-state index is 12.4. The predicted molar refractivity (Wildman–Crippen MR) is 87.5 cm³/mol. The molecule has 0 spiro atoms. The smallest absolute Gasteiger partial charge is 0.259 e. The fourth-order valence-electron chi connectivity index (χ4n) is 2.12. The molecule has 1 aliphatic rings. The van der Waals surface area contributed by atoms with E-state index in [1.54, 1.807) is 24.3 Å². The molecule has 2 N–H and O–H groups in total. The van der Waals surface area contributed by atoms with Crippen LogP contribution in [-0.4, -0.2) is 19.1 Å². The van der Waals surface area contributed by atoms with Crippen LogP contribution in [0.25, 0.3) is 0 Å². The zero-order valence-corrected chi connectivity index (χ0v) is 13.3. The first-order valence-electron chi connectivity index (χ1n) is 6.41. The van der Waals surface area contributed by atoms with Gasteiger partial charge in [0.2, 0.25) is 0 Å². The highest BCUT2D eigenvalue weighted by atomic mass is 79.9. The first kappa shape index (κ1) is 14.2. The van der Waals surface area contributed by atoms with Crippen molar-refractivity contribution in [1.82, 2.24) is 0 Å². The van der Waals surface area contributed by atoms with Crippen LogP contribution in [0, 0.1) is 0 Å². The van der Waals surface area contributed by atoms with Crippen molar-refractivity contribution in [2.45, 2.75) is 0 Å². The van der Waals surface area contributed by atoms with Gasteiger partial charge in [0.05, 0.1) is 16.3 Å². The van der Waals surface area contributed by atoms with E-state index in [1.807, 2.05) is 12.1 Å². The van der Waals surface area contributed by atoms with Crippen LogP contribution in [-0.2, 0) is 0 Å². The largest absolute Gasteiger partial charge is 0.489 e. The summed E-state index contributed by atoms with van der Waals surface area (Å²) in [5.41, 5.74) is 1.97. The molecule has 1 heterocycles. The quantitative estimate of drug-likeness (QED) is 0.838. The third-order valence-electron chi connectivity index (χ3n) is 3.10. The number of carbonyl (C=O) groups is 1. The van der Waals surface area contributed by atoms with Gasteiger partial charge in [-0.1, -0.05) is 17.7 Å². The van der Waals surface area contributed by atoms with E-state index >= 15 is 0 Å². The van der Waals surface area contributed by atoms with E-state index in [0.29, 0.717) is 28.6 Å². The van der Waals surface area contributed by atoms with Gasteiger partial charge in [-0.15, -0.1) is 0 Å². The lowest BCUT2D eigenvalue weighted by Crippen LogP contribution is -2.21. The molecule has 0 fully saturated rings. The number of ether oxygens (including phenoxy) is 1. The van der Waals surface area contributed by atoms with Gasteiger partial charge in [-0.2, -0.15) is 0 Å². The first-order chi connectivity index (χ1) is 10.1. The number of anilines is 2. The van der Waals surface area contributed by atoms with Crippen molar-refractivity contribution in [3.05, 3.63) is 51.5 Å². The standard InChI is InChI=1S/C15H12BrClN2O2/c16-11-5-4-9(8-12(11)17)19-15(20)10-2-1-3-13-14(10)21-7-6-18-13/h1-5,8,18H,6-7H2,(H,19,20). The van der Waals surface area contributed by atoms with E-state index < -0.39 is 0 Å². The fraction of sp³-hybridized carbons (Fsp3) is 0.133. The molecule has 0 atom stereocenters. The molecule has 0 aromatic heterocycles. The molecule has 0 saturated carbocycles. The van der Waals surface area contributed by atoms with Gasteiger partial charge in [-0.25, -0.2) is 0 Å². The molecule has 1 aliphatic heterocycles. The number of para-hydroxylation sites is 1. The lowest BCUT2D eigenvalue weighted by molar-refractivity contribution is 0.102. The summed E-state index contributed by atoms with van der Waals surface area (Å²) >= 11 is 9.34. The summed E-state index contributed by atoms with van der Waals surface area (Å²) in [6.45, 7) is 1.28. The molecule has 2 aromatic rings. The van der Waals surface area contributed by atoms with E-state index in [0.717, 1.165) is 16.7 Å². The summed E-state index contributed by atoms with van der Waals surface area (Å²) in [7, 11) is 0. The normalized spacial score (nSPS) is 12.9. The minimum absolute atomic E-state index is 0.228. The maximum absolute atomic E-state index is 12.4. The summed E-state index contributed by atoms with van der Waals surface area (Å²) in [5.74, 6) is 0.360. The predicted octanol–water partition coefficient (Wildman–Crippen LogP) is 4.16. The van der Waals surface area contributed by atoms with Gasteiger partial charge >= 0.3 is 0 Å². The van der Waals surface area contributed by atoms with E-state index in [4.69, 9.17) is 16.3 Å². The zero-order chi connectivity index (χ0) is 14.8. The lowest BCUT2D eigenvalue weighted by Gasteiger charge is -2.21. The highest BCUT2D eigenvalue weighted by Gasteiger charge is 2.19. The van der Waals surface area contributed by atoms with Crippen LogP contribution >= 0.6 is 27.5 Å². The Morgan fingerprint density at radius 1 is 1.33 bits per heavy atom. The van der Waals surface area contributed by atoms with Gasteiger partial charge in [0.25, 0.3) is 5.91 Å². The molecular weight excluding hydrogens is 356 g/mol. The van der Waals surface area contributed by atoms with Crippen LogP contribution in [0.15, 0.2) is 40.9 Å². The van der Waals surface area contributed by atoms with Gasteiger partial charge in [-0.3, -0.25) is 4.79 Å². The second-order valence-corrected chi connectivity index (χ2v) is 5.80. The third kappa shape index (κ3) is 2.99. The van der Waals surface area contributed by atoms with Crippen LogP contribution in [0.3, 0.4) is 0 Å². The van der Waals surface area contributed by atoms with E-state index in [2.05, 4.69) is 26.6 Å².